The minimum atomic E-state index is -0.228. The normalized spacial score (nSPS) is 13.6. The molecule has 0 bridgehead atoms. The predicted molar refractivity (Wildman–Crippen MR) is 122 cm³/mol. The van der Waals surface area contributed by atoms with Crippen molar-refractivity contribution >= 4 is 78.3 Å². The fraction of sp³-hybridized carbons (Fsp3) is 0.200. The van der Waals surface area contributed by atoms with Gasteiger partial charge in [0.25, 0.3) is 5.91 Å². The van der Waals surface area contributed by atoms with Crippen LogP contribution in [-0.4, -0.2) is 10.9 Å². The van der Waals surface area contributed by atoms with Crippen LogP contribution in [0.2, 0.25) is 8.67 Å². The summed E-state index contributed by atoms with van der Waals surface area (Å²) in [6.45, 7) is 0. The summed E-state index contributed by atoms with van der Waals surface area (Å²) < 4.78 is 2.07. The summed E-state index contributed by atoms with van der Waals surface area (Å²) >= 11 is 16.7. The number of carbonyl (C=O) groups excluding carboxylic acids is 1. The molecule has 4 aromatic rings. The highest BCUT2D eigenvalue weighted by Crippen LogP contribution is 2.46. The summed E-state index contributed by atoms with van der Waals surface area (Å²) in [6.07, 6.45) is 4.43. The summed E-state index contributed by atoms with van der Waals surface area (Å²) in [5, 5.41) is 4.91. The van der Waals surface area contributed by atoms with Gasteiger partial charge in [-0.15, -0.1) is 34.0 Å². The zero-order valence-corrected chi connectivity index (χ0v) is 18.5. The third kappa shape index (κ3) is 3.27. The summed E-state index contributed by atoms with van der Waals surface area (Å²) in [4.78, 5) is 19.1. The van der Waals surface area contributed by atoms with Crippen LogP contribution in [0.4, 0.5) is 5.00 Å². The quantitative estimate of drug-likeness (QED) is 0.340. The summed E-state index contributed by atoms with van der Waals surface area (Å²) in [6, 6.07) is 9.76. The van der Waals surface area contributed by atoms with Crippen LogP contribution in [0, 0.1) is 0 Å². The molecule has 0 fully saturated rings. The topological polar surface area (TPSA) is 42.0 Å². The number of para-hydroxylation sites is 1. The smallest absolute Gasteiger partial charge is 0.258 e. The second-order valence-corrected chi connectivity index (χ2v) is 11.0. The fourth-order valence-corrected chi connectivity index (χ4v) is 7.38. The third-order valence-electron chi connectivity index (χ3n) is 4.81. The minimum absolute atomic E-state index is 0.228. The second-order valence-electron chi connectivity index (χ2n) is 6.59. The van der Waals surface area contributed by atoms with Gasteiger partial charge in [0.15, 0.2) is 0 Å². The molecule has 1 aliphatic carbocycles. The first-order valence-electron chi connectivity index (χ1n) is 8.87. The lowest BCUT2D eigenvalue weighted by molar-refractivity contribution is 0.102. The van der Waals surface area contributed by atoms with Crippen molar-refractivity contribution in [2.75, 3.05) is 5.32 Å². The van der Waals surface area contributed by atoms with Gasteiger partial charge in [-0.05, 0) is 49.4 Å². The third-order valence-corrected chi connectivity index (χ3v) is 8.56. The van der Waals surface area contributed by atoms with Gasteiger partial charge < -0.3 is 5.32 Å². The van der Waals surface area contributed by atoms with Gasteiger partial charge in [-0.1, -0.05) is 35.3 Å². The lowest BCUT2D eigenvalue weighted by atomic mass is 9.95. The Labute approximate surface area is 184 Å². The van der Waals surface area contributed by atoms with Gasteiger partial charge in [0.1, 0.15) is 14.3 Å². The summed E-state index contributed by atoms with van der Waals surface area (Å²) in [5.74, 6) is -0.228. The second kappa shape index (κ2) is 7.43. The van der Waals surface area contributed by atoms with Crippen LogP contribution >= 0.6 is 57.2 Å². The van der Waals surface area contributed by atoms with E-state index in [1.54, 1.807) is 28.7 Å². The number of fused-ring (bicyclic) bond motifs is 2. The maximum Gasteiger partial charge on any atom is 0.258 e. The molecule has 3 aromatic heterocycles. The highest BCUT2D eigenvalue weighted by Gasteiger charge is 2.26. The lowest BCUT2D eigenvalue weighted by Gasteiger charge is -2.11. The number of hydrogen-bond acceptors (Lipinski definition) is 5. The number of thiazole rings is 1. The monoisotopic (exact) mass is 464 g/mol. The Morgan fingerprint density at radius 2 is 1.89 bits per heavy atom. The van der Waals surface area contributed by atoms with Crippen molar-refractivity contribution in [3.63, 3.8) is 0 Å². The summed E-state index contributed by atoms with van der Waals surface area (Å²) in [7, 11) is 0. The van der Waals surface area contributed by atoms with E-state index in [0.717, 1.165) is 38.6 Å². The average molecular weight is 465 g/mol. The molecule has 1 amide bonds. The van der Waals surface area contributed by atoms with Crippen LogP contribution in [0.5, 0.6) is 0 Å². The molecule has 0 saturated heterocycles. The summed E-state index contributed by atoms with van der Waals surface area (Å²) in [5.41, 5.74) is 3.81. The molecule has 0 atom stereocenters. The van der Waals surface area contributed by atoms with Gasteiger partial charge in [-0.3, -0.25) is 4.79 Å². The number of halogens is 2. The molecule has 1 aromatic carbocycles. The van der Waals surface area contributed by atoms with Crippen LogP contribution in [0.15, 0.2) is 30.3 Å². The molecule has 142 valence electrons. The van der Waals surface area contributed by atoms with Crippen LogP contribution in [0.3, 0.4) is 0 Å². The number of aromatic nitrogens is 1. The van der Waals surface area contributed by atoms with Crippen molar-refractivity contribution in [3.05, 3.63) is 55.0 Å². The Balaban J connectivity index is 1.60. The van der Waals surface area contributed by atoms with E-state index < -0.39 is 0 Å². The van der Waals surface area contributed by atoms with E-state index in [4.69, 9.17) is 28.2 Å². The van der Waals surface area contributed by atoms with Gasteiger partial charge in [0, 0.05) is 10.4 Å². The van der Waals surface area contributed by atoms with E-state index in [-0.39, 0.29) is 5.91 Å². The van der Waals surface area contributed by atoms with Crippen molar-refractivity contribution in [1.82, 2.24) is 4.98 Å². The number of thiophene rings is 2. The van der Waals surface area contributed by atoms with E-state index >= 15 is 0 Å². The number of nitrogens with zero attached hydrogens (tertiary/aromatic N) is 1. The SMILES string of the molecule is O=C(Nc1sc2c(c1-c1nc3ccccc3s1)CCCC2)c1cc(Cl)sc1Cl. The maximum absolute atomic E-state index is 12.9. The van der Waals surface area contributed by atoms with Crippen LogP contribution < -0.4 is 5.32 Å². The molecule has 0 spiro atoms. The Bertz CT molecular complexity index is 1170. The number of amides is 1. The van der Waals surface area contributed by atoms with Gasteiger partial charge in [0.2, 0.25) is 0 Å². The highest BCUT2D eigenvalue weighted by atomic mass is 35.5. The number of aryl methyl sites for hydroxylation is 1. The first-order chi connectivity index (χ1) is 13.6. The molecule has 3 nitrogen and oxygen atoms in total. The van der Waals surface area contributed by atoms with E-state index in [1.165, 1.54) is 34.6 Å². The molecule has 1 N–H and O–H groups in total. The van der Waals surface area contributed by atoms with Crippen molar-refractivity contribution in [2.24, 2.45) is 0 Å². The highest BCUT2D eigenvalue weighted by molar-refractivity contribution is 7.23. The molecule has 0 radical (unpaired) electrons. The standard InChI is InChI=1S/C20H14Cl2N2OS3/c21-15-9-11(17(22)28-15)18(25)24-20-16(10-5-1-3-7-13(10)26-20)19-23-12-6-2-4-8-14(12)27-19/h2,4,6,8-9H,1,3,5,7H2,(H,24,25). The lowest BCUT2D eigenvalue weighted by Crippen LogP contribution is -2.11. The molecule has 0 saturated carbocycles. The fourth-order valence-electron chi connectivity index (χ4n) is 3.52. The van der Waals surface area contributed by atoms with Crippen molar-refractivity contribution in [3.8, 4) is 10.6 Å². The first-order valence-corrected chi connectivity index (χ1v) is 12.1. The molecule has 3 heterocycles. The predicted octanol–water partition coefficient (Wildman–Crippen LogP) is 7.52. The average Bonchev–Trinajstić information content (AvgIpc) is 3.35. The molecule has 8 heteroatoms. The Hall–Kier alpha value is -1.44. The first kappa shape index (κ1) is 18.6. The molecule has 0 unspecified atom stereocenters. The largest absolute Gasteiger partial charge is 0.313 e. The van der Waals surface area contributed by atoms with E-state index in [2.05, 4.69) is 11.4 Å². The molecule has 28 heavy (non-hydrogen) atoms. The van der Waals surface area contributed by atoms with E-state index in [9.17, 15) is 4.79 Å². The Morgan fingerprint density at radius 3 is 2.68 bits per heavy atom. The van der Waals surface area contributed by atoms with Gasteiger partial charge in [-0.2, -0.15) is 0 Å². The maximum atomic E-state index is 12.9. The molecular weight excluding hydrogens is 451 g/mol. The van der Waals surface area contributed by atoms with Crippen molar-refractivity contribution in [1.29, 1.82) is 0 Å². The van der Waals surface area contributed by atoms with Crippen LogP contribution in [-0.2, 0) is 12.8 Å². The van der Waals surface area contributed by atoms with Gasteiger partial charge in [0.05, 0.1) is 20.1 Å². The zero-order valence-electron chi connectivity index (χ0n) is 14.6. The Kier molecular flexibility index (Phi) is 4.93. The molecule has 0 aliphatic heterocycles. The molecule has 5 rings (SSSR count). The zero-order chi connectivity index (χ0) is 19.3. The number of carbonyl (C=O) groups is 1. The number of anilines is 1. The van der Waals surface area contributed by atoms with Crippen molar-refractivity contribution < 1.29 is 4.79 Å². The number of hydrogen-bond donors (Lipinski definition) is 1. The van der Waals surface area contributed by atoms with Crippen LogP contribution in [0.1, 0.15) is 33.6 Å². The molecular formula is C20H14Cl2N2OS3. The van der Waals surface area contributed by atoms with Gasteiger partial charge in [-0.25, -0.2) is 4.98 Å². The van der Waals surface area contributed by atoms with Crippen LogP contribution in [0.25, 0.3) is 20.8 Å². The number of rotatable bonds is 3. The number of benzene rings is 1. The minimum Gasteiger partial charge on any atom is -0.313 e. The van der Waals surface area contributed by atoms with Crippen molar-refractivity contribution in [2.45, 2.75) is 25.7 Å². The Morgan fingerprint density at radius 1 is 1.07 bits per heavy atom. The van der Waals surface area contributed by atoms with E-state index in [1.807, 2.05) is 18.2 Å². The van der Waals surface area contributed by atoms with Gasteiger partial charge >= 0.3 is 0 Å². The van der Waals surface area contributed by atoms with E-state index in [0.29, 0.717) is 14.2 Å². The number of nitrogens with one attached hydrogen (secondary N) is 1. The molecule has 1 aliphatic rings.